The van der Waals surface area contributed by atoms with Crippen LogP contribution in [0.1, 0.15) is 27.0 Å². The highest BCUT2D eigenvalue weighted by Gasteiger charge is 2.20. The normalized spacial score (nSPS) is 10.6. The SMILES string of the molecule is COc1cccc(CN(Cc2ccc(C)cc2)C(=O)c2ccccc2-n2cccc2)c1. The molecule has 0 aliphatic rings. The summed E-state index contributed by atoms with van der Waals surface area (Å²) in [6, 6.07) is 27.9. The van der Waals surface area contributed by atoms with Crippen LogP contribution in [0.2, 0.25) is 0 Å². The predicted molar refractivity (Wildman–Crippen MR) is 124 cm³/mol. The number of methoxy groups -OCH3 is 1. The second-order valence-corrected chi connectivity index (χ2v) is 7.61. The van der Waals surface area contributed by atoms with E-state index < -0.39 is 0 Å². The number of para-hydroxylation sites is 1. The second-order valence-electron chi connectivity index (χ2n) is 7.61. The summed E-state index contributed by atoms with van der Waals surface area (Å²) < 4.78 is 7.35. The smallest absolute Gasteiger partial charge is 0.256 e. The average molecular weight is 411 g/mol. The quantitative estimate of drug-likeness (QED) is 0.395. The van der Waals surface area contributed by atoms with Crippen LogP contribution in [0.3, 0.4) is 0 Å². The lowest BCUT2D eigenvalue weighted by Crippen LogP contribution is -2.31. The van der Waals surface area contributed by atoms with Crippen LogP contribution in [-0.2, 0) is 13.1 Å². The molecule has 156 valence electrons. The van der Waals surface area contributed by atoms with E-state index in [1.165, 1.54) is 5.56 Å². The van der Waals surface area contributed by atoms with Gasteiger partial charge in [0.2, 0.25) is 0 Å². The minimum absolute atomic E-state index is 0.00676. The van der Waals surface area contributed by atoms with Crippen LogP contribution in [0.4, 0.5) is 0 Å². The lowest BCUT2D eigenvalue weighted by atomic mass is 10.1. The minimum atomic E-state index is -0.00676. The number of benzene rings is 3. The number of hydrogen-bond donors (Lipinski definition) is 0. The third kappa shape index (κ3) is 4.86. The Balaban J connectivity index is 1.69. The first-order valence-electron chi connectivity index (χ1n) is 10.3. The minimum Gasteiger partial charge on any atom is -0.497 e. The van der Waals surface area contributed by atoms with Crippen molar-refractivity contribution in [3.05, 3.63) is 120 Å². The van der Waals surface area contributed by atoms with Crippen molar-refractivity contribution in [1.29, 1.82) is 0 Å². The highest BCUT2D eigenvalue weighted by Crippen LogP contribution is 2.22. The molecule has 1 heterocycles. The van der Waals surface area contributed by atoms with Gasteiger partial charge in [0.25, 0.3) is 5.91 Å². The molecule has 0 bridgehead atoms. The van der Waals surface area contributed by atoms with Gasteiger partial charge in [-0.3, -0.25) is 4.79 Å². The standard InChI is InChI=1S/C27H26N2O2/c1-21-12-14-22(15-13-21)19-29(20-23-8-7-9-24(18-23)31-2)27(30)25-10-3-4-11-26(25)28-16-5-6-17-28/h3-18H,19-20H2,1-2H3. The van der Waals surface area contributed by atoms with Gasteiger partial charge < -0.3 is 14.2 Å². The molecule has 0 aliphatic heterocycles. The number of carbonyl (C=O) groups excluding carboxylic acids is 1. The zero-order valence-electron chi connectivity index (χ0n) is 17.9. The van der Waals surface area contributed by atoms with Crippen LogP contribution in [0.15, 0.2) is 97.3 Å². The Morgan fingerprint density at radius 1 is 0.839 bits per heavy atom. The molecule has 0 saturated carbocycles. The highest BCUT2D eigenvalue weighted by atomic mass is 16.5. The number of aromatic nitrogens is 1. The molecular formula is C27H26N2O2. The summed E-state index contributed by atoms with van der Waals surface area (Å²) in [4.78, 5) is 15.7. The summed E-state index contributed by atoms with van der Waals surface area (Å²) in [7, 11) is 1.65. The van der Waals surface area contributed by atoms with Crippen molar-refractivity contribution in [3.63, 3.8) is 0 Å². The number of hydrogen-bond acceptors (Lipinski definition) is 2. The molecule has 4 nitrogen and oxygen atoms in total. The van der Waals surface area contributed by atoms with Crippen molar-refractivity contribution >= 4 is 5.91 Å². The van der Waals surface area contributed by atoms with E-state index >= 15 is 0 Å². The van der Waals surface area contributed by atoms with E-state index in [0.717, 1.165) is 22.6 Å². The van der Waals surface area contributed by atoms with E-state index in [-0.39, 0.29) is 5.91 Å². The van der Waals surface area contributed by atoms with Crippen LogP contribution in [0.25, 0.3) is 5.69 Å². The average Bonchev–Trinajstić information content (AvgIpc) is 3.34. The number of aryl methyl sites for hydroxylation is 1. The van der Waals surface area contributed by atoms with Crippen molar-refractivity contribution in [2.75, 3.05) is 7.11 Å². The molecule has 0 fully saturated rings. The fourth-order valence-corrected chi connectivity index (χ4v) is 3.65. The predicted octanol–water partition coefficient (Wildman–Crippen LogP) is 5.64. The van der Waals surface area contributed by atoms with Gasteiger partial charge in [0.05, 0.1) is 18.4 Å². The van der Waals surface area contributed by atoms with Crippen LogP contribution in [0.5, 0.6) is 5.75 Å². The van der Waals surface area contributed by atoms with Crippen molar-refractivity contribution in [1.82, 2.24) is 9.47 Å². The molecule has 4 aromatic rings. The van der Waals surface area contributed by atoms with Crippen LogP contribution >= 0.6 is 0 Å². The summed E-state index contributed by atoms with van der Waals surface area (Å²) >= 11 is 0. The van der Waals surface area contributed by atoms with Gasteiger partial charge in [0, 0.05) is 25.5 Å². The summed E-state index contributed by atoms with van der Waals surface area (Å²) in [6.07, 6.45) is 3.91. The maximum atomic E-state index is 13.8. The number of amides is 1. The molecule has 3 aromatic carbocycles. The number of rotatable bonds is 7. The van der Waals surface area contributed by atoms with Crippen molar-refractivity contribution in [2.24, 2.45) is 0 Å². The summed E-state index contributed by atoms with van der Waals surface area (Å²) in [6.45, 7) is 3.08. The van der Waals surface area contributed by atoms with E-state index in [4.69, 9.17) is 4.74 Å². The van der Waals surface area contributed by atoms with Gasteiger partial charge >= 0.3 is 0 Å². The highest BCUT2D eigenvalue weighted by molar-refractivity contribution is 5.97. The first kappa shape index (κ1) is 20.5. The fourth-order valence-electron chi connectivity index (χ4n) is 3.65. The third-order valence-corrected chi connectivity index (χ3v) is 5.31. The van der Waals surface area contributed by atoms with Gasteiger partial charge in [0.1, 0.15) is 5.75 Å². The van der Waals surface area contributed by atoms with Gasteiger partial charge in [-0.05, 0) is 54.4 Å². The molecule has 0 unspecified atom stereocenters. The lowest BCUT2D eigenvalue weighted by Gasteiger charge is -2.25. The van der Waals surface area contributed by atoms with Crippen molar-refractivity contribution in [2.45, 2.75) is 20.0 Å². The third-order valence-electron chi connectivity index (χ3n) is 5.31. The first-order valence-corrected chi connectivity index (χ1v) is 10.3. The van der Waals surface area contributed by atoms with Gasteiger partial charge in [-0.2, -0.15) is 0 Å². The van der Waals surface area contributed by atoms with Crippen molar-refractivity contribution in [3.8, 4) is 11.4 Å². The summed E-state index contributed by atoms with van der Waals surface area (Å²) in [5, 5.41) is 0. The zero-order valence-corrected chi connectivity index (χ0v) is 17.9. The van der Waals surface area contributed by atoms with E-state index in [9.17, 15) is 4.79 Å². The van der Waals surface area contributed by atoms with E-state index in [1.54, 1.807) is 7.11 Å². The summed E-state index contributed by atoms with van der Waals surface area (Å²) in [5.74, 6) is 0.778. The number of ether oxygens (including phenoxy) is 1. The topological polar surface area (TPSA) is 34.5 Å². The monoisotopic (exact) mass is 410 g/mol. The van der Waals surface area contributed by atoms with Crippen LogP contribution in [-0.4, -0.2) is 22.5 Å². The lowest BCUT2D eigenvalue weighted by molar-refractivity contribution is 0.0730. The molecule has 0 radical (unpaired) electrons. The largest absolute Gasteiger partial charge is 0.497 e. The van der Waals surface area contributed by atoms with Gasteiger partial charge in [-0.1, -0.05) is 54.1 Å². The Labute approximate surface area is 183 Å². The van der Waals surface area contributed by atoms with Crippen molar-refractivity contribution < 1.29 is 9.53 Å². The molecule has 0 spiro atoms. The fraction of sp³-hybridized carbons (Fsp3) is 0.148. The Bertz CT molecular complexity index is 1150. The molecule has 0 N–H and O–H groups in total. The Kier molecular flexibility index (Phi) is 6.18. The molecule has 1 aromatic heterocycles. The zero-order chi connectivity index (χ0) is 21.6. The Morgan fingerprint density at radius 3 is 2.29 bits per heavy atom. The molecule has 1 amide bonds. The molecule has 0 saturated heterocycles. The summed E-state index contributed by atoms with van der Waals surface area (Å²) in [5.41, 5.74) is 4.87. The molecule has 0 atom stereocenters. The number of carbonyl (C=O) groups is 1. The van der Waals surface area contributed by atoms with E-state index in [1.807, 2.05) is 82.5 Å². The van der Waals surface area contributed by atoms with Crippen LogP contribution in [0, 0.1) is 6.92 Å². The molecule has 0 aliphatic carbocycles. The van der Waals surface area contributed by atoms with E-state index in [0.29, 0.717) is 18.7 Å². The second kappa shape index (κ2) is 9.35. The molecule has 4 rings (SSSR count). The Hall–Kier alpha value is -3.79. The van der Waals surface area contributed by atoms with Crippen LogP contribution < -0.4 is 4.74 Å². The molecule has 4 heteroatoms. The molecule has 31 heavy (non-hydrogen) atoms. The molecular weight excluding hydrogens is 384 g/mol. The van der Waals surface area contributed by atoms with Gasteiger partial charge in [-0.15, -0.1) is 0 Å². The van der Waals surface area contributed by atoms with E-state index in [2.05, 4.69) is 31.2 Å². The van der Waals surface area contributed by atoms with Gasteiger partial charge in [0.15, 0.2) is 0 Å². The Morgan fingerprint density at radius 2 is 1.55 bits per heavy atom. The number of nitrogens with zero attached hydrogens (tertiary/aromatic N) is 2. The maximum Gasteiger partial charge on any atom is 0.256 e. The first-order chi connectivity index (χ1) is 15.1. The van der Waals surface area contributed by atoms with Gasteiger partial charge in [-0.25, -0.2) is 0 Å². The maximum absolute atomic E-state index is 13.8.